The maximum Gasteiger partial charge on any atom is 0.501 e. The monoisotopic (exact) mass is 533 g/mol. The van der Waals surface area contributed by atoms with Crippen LogP contribution >= 0.6 is 0 Å². The van der Waals surface area contributed by atoms with Crippen molar-refractivity contribution in [3.63, 3.8) is 0 Å². The Labute approximate surface area is 211 Å². The maximum atomic E-state index is 12.9. The molecule has 2 aromatic carbocycles. The molecule has 0 saturated carbocycles. The highest BCUT2D eigenvalue weighted by Gasteiger charge is 2.46. The molecule has 0 amide bonds. The summed E-state index contributed by atoms with van der Waals surface area (Å²) < 4.78 is 65.2. The van der Waals surface area contributed by atoms with Gasteiger partial charge in [-0.2, -0.15) is 13.2 Å². The van der Waals surface area contributed by atoms with Gasteiger partial charge in [-0.15, -0.1) is 0 Å². The number of alkyl halides is 3. The third kappa shape index (κ3) is 4.48. The molecule has 1 fully saturated rings. The van der Waals surface area contributed by atoms with Gasteiger partial charge in [0, 0.05) is 44.0 Å². The Kier molecular flexibility index (Phi) is 6.27. The number of aromatic nitrogens is 4. The van der Waals surface area contributed by atoms with E-state index in [1.54, 1.807) is 11.6 Å². The summed E-state index contributed by atoms with van der Waals surface area (Å²) in [6.07, 6.45) is 1.64. The van der Waals surface area contributed by atoms with Crippen LogP contribution in [0.2, 0.25) is 0 Å². The van der Waals surface area contributed by atoms with Crippen LogP contribution in [-0.2, 0) is 23.4 Å². The maximum absolute atomic E-state index is 12.9. The minimum absolute atomic E-state index is 0.0125. The summed E-state index contributed by atoms with van der Waals surface area (Å²) in [4.78, 5) is 22.1. The molecule has 0 spiro atoms. The number of benzene rings is 2. The SMILES string of the molecule is Cc1[nH]c(-c2ccc(S(=O)(=O)C(F)(F)F)cc2)nc1CN1CCC(n2c(=O)n(C)c3ccccc32)CC1. The van der Waals surface area contributed by atoms with Gasteiger partial charge in [-0.1, -0.05) is 12.1 Å². The first-order chi connectivity index (χ1) is 17.5. The second kappa shape index (κ2) is 9.18. The number of nitrogens with one attached hydrogen (secondary N) is 1. The van der Waals surface area contributed by atoms with Crippen molar-refractivity contribution in [2.45, 2.75) is 42.8 Å². The lowest BCUT2D eigenvalue weighted by Gasteiger charge is -2.32. The van der Waals surface area contributed by atoms with Crippen molar-refractivity contribution in [2.75, 3.05) is 13.1 Å². The number of nitrogens with zero attached hydrogens (tertiary/aromatic N) is 4. The predicted octanol–water partition coefficient (Wildman–Crippen LogP) is 4.17. The Morgan fingerprint density at radius 2 is 1.65 bits per heavy atom. The molecular formula is C25H26F3N5O3S. The zero-order valence-corrected chi connectivity index (χ0v) is 21.1. The first-order valence-electron chi connectivity index (χ1n) is 11.8. The molecule has 0 aliphatic carbocycles. The molecule has 4 aromatic rings. The van der Waals surface area contributed by atoms with Crippen LogP contribution < -0.4 is 5.69 Å². The fourth-order valence-electron chi connectivity index (χ4n) is 4.93. The van der Waals surface area contributed by atoms with E-state index in [2.05, 4.69) is 14.9 Å². The molecule has 1 N–H and O–H groups in total. The number of fused-ring (bicyclic) bond motifs is 1. The van der Waals surface area contributed by atoms with Gasteiger partial charge in [-0.05, 0) is 56.2 Å². The third-order valence-corrected chi connectivity index (χ3v) is 8.52. The average molecular weight is 534 g/mol. The lowest BCUT2D eigenvalue weighted by molar-refractivity contribution is -0.0436. The average Bonchev–Trinajstić information content (AvgIpc) is 3.36. The van der Waals surface area contributed by atoms with Gasteiger partial charge in [0.2, 0.25) is 0 Å². The number of para-hydroxylation sites is 2. The summed E-state index contributed by atoms with van der Waals surface area (Å²) in [5.74, 6) is 0.459. The van der Waals surface area contributed by atoms with E-state index >= 15 is 0 Å². The molecule has 1 aliphatic rings. The van der Waals surface area contributed by atoms with Crippen LogP contribution in [-0.4, -0.2) is 51.0 Å². The van der Waals surface area contributed by atoms with Gasteiger partial charge in [0.1, 0.15) is 5.82 Å². The highest BCUT2D eigenvalue weighted by molar-refractivity contribution is 7.92. The molecule has 8 nitrogen and oxygen atoms in total. The molecule has 0 unspecified atom stereocenters. The molecular weight excluding hydrogens is 507 g/mol. The summed E-state index contributed by atoms with van der Waals surface area (Å²) >= 11 is 0. The zero-order valence-electron chi connectivity index (χ0n) is 20.3. The van der Waals surface area contributed by atoms with E-state index in [-0.39, 0.29) is 11.7 Å². The standard InChI is InChI=1S/C25H26F3N5O3S/c1-16-20(30-23(29-16)17-7-9-19(10-8-17)37(35,36)25(26,27)28)15-32-13-11-18(12-14-32)33-22-6-4-3-5-21(22)31(2)24(33)34/h3-10,18H,11-15H2,1-2H3,(H,29,30). The molecule has 0 radical (unpaired) electrons. The largest absolute Gasteiger partial charge is 0.501 e. The minimum atomic E-state index is -5.40. The quantitative estimate of drug-likeness (QED) is 0.416. The summed E-state index contributed by atoms with van der Waals surface area (Å²) in [7, 11) is -3.61. The van der Waals surface area contributed by atoms with Crippen LogP contribution in [0, 0.1) is 6.92 Å². The molecule has 0 atom stereocenters. The van der Waals surface area contributed by atoms with Gasteiger partial charge in [0.25, 0.3) is 9.84 Å². The van der Waals surface area contributed by atoms with E-state index < -0.39 is 20.2 Å². The Balaban J connectivity index is 1.28. The fraction of sp³-hybridized carbons (Fsp3) is 0.360. The van der Waals surface area contributed by atoms with Gasteiger partial charge in [-0.3, -0.25) is 14.0 Å². The lowest BCUT2D eigenvalue weighted by atomic mass is 10.0. The van der Waals surface area contributed by atoms with E-state index in [1.807, 2.05) is 35.8 Å². The van der Waals surface area contributed by atoms with Crippen LogP contribution in [0.5, 0.6) is 0 Å². The van der Waals surface area contributed by atoms with Gasteiger partial charge in [-0.25, -0.2) is 18.2 Å². The van der Waals surface area contributed by atoms with Gasteiger partial charge >= 0.3 is 11.2 Å². The first-order valence-corrected chi connectivity index (χ1v) is 13.3. The number of halogens is 3. The van der Waals surface area contributed by atoms with Crippen molar-refractivity contribution in [3.05, 3.63) is 70.4 Å². The van der Waals surface area contributed by atoms with E-state index in [1.165, 1.54) is 12.1 Å². The molecule has 2 aromatic heterocycles. The van der Waals surface area contributed by atoms with Crippen molar-refractivity contribution in [3.8, 4) is 11.4 Å². The van der Waals surface area contributed by atoms with Crippen molar-refractivity contribution in [1.29, 1.82) is 0 Å². The van der Waals surface area contributed by atoms with Crippen molar-refractivity contribution in [2.24, 2.45) is 7.05 Å². The Hall–Kier alpha value is -3.38. The number of piperidine rings is 1. The topological polar surface area (TPSA) is 93.0 Å². The second-order valence-electron chi connectivity index (χ2n) is 9.34. The van der Waals surface area contributed by atoms with Gasteiger partial charge < -0.3 is 4.98 Å². The van der Waals surface area contributed by atoms with Crippen molar-refractivity contribution in [1.82, 2.24) is 24.0 Å². The van der Waals surface area contributed by atoms with E-state index in [0.717, 1.165) is 60.5 Å². The number of imidazole rings is 2. The van der Waals surface area contributed by atoms with Crippen LogP contribution in [0.15, 0.2) is 58.2 Å². The molecule has 37 heavy (non-hydrogen) atoms. The highest BCUT2D eigenvalue weighted by Crippen LogP contribution is 2.32. The van der Waals surface area contributed by atoms with Crippen LogP contribution in [0.3, 0.4) is 0 Å². The zero-order chi connectivity index (χ0) is 26.5. The predicted molar refractivity (Wildman–Crippen MR) is 133 cm³/mol. The number of aromatic amines is 1. The summed E-state index contributed by atoms with van der Waals surface area (Å²) in [6, 6.07) is 12.4. The number of hydrogen-bond donors (Lipinski definition) is 1. The molecule has 5 rings (SSSR count). The Morgan fingerprint density at radius 1 is 1.03 bits per heavy atom. The van der Waals surface area contributed by atoms with Crippen LogP contribution in [0.4, 0.5) is 13.2 Å². The van der Waals surface area contributed by atoms with Crippen molar-refractivity contribution >= 4 is 20.9 Å². The summed E-state index contributed by atoms with van der Waals surface area (Å²) in [5, 5.41) is 0. The molecule has 3 heterocycles. The third-order valence-electron chi connectivity index (χ3n) is 7.02. The van der Waals surface area contributed by atoms with E-state index in [4.69, 9.17) is 0 Å². The van der Waals surface area contributed by atoms with Crippen LogP contribution in [0.25, 0.3) is 22.4 Å². The number of aryl methyl sites for hydroxylation is 2. The molecule has 12 heteroatoms. The number of likely N-dealkylation sites (tertiary alicyclic amines) is 1. The Morgan fingerprint density at radius 3 is 2.27 bits per heavy atom. The number of H-pyrrole nitrogens is 1. The summed E-state index contributed by atoms with van der Waals surface area (Å²) in [5.41, 5.74) is -1.38. The second-order valence-corrected chi connectivity index (χ2v) is 11.3. The van der Waals surface area contributed by atoms with E-state index in [9.17, 15) is 26.4 Å². The molecule has 1 saturated heterocycles. The smallest absolute Gasteiger partial charge is 0.342 e. The summed E-state index contributed by atoms with van der Waals surface area (Å²) in [6.45, 7) is 4.02. The number of hydrogen-bond acceptors (Lipinski definition) is 5. The molecule has 0 bridgehead atoms. The number of sulfone groups is 1. The highest BCUT2D eigenvalue weighted by atomic mass is 32.2. The van der Waals surface area contributed by atoms with E-state index in [0.29, 0.717) is 17.9 Å². The molecule has 1 aliphatic heterocycles. The van der Waals surface area contributed by atoms with Gasteiger partial charge in [0.05, 0.1) is 21.6 Å². The normalized spacial score (nSPS) is 16.0. The lowest BCUT2D eigenvalue weighted by Crippen LogP contribution is -2.37. The van der Waals surface area contributed by atoms with Crippen LogP contribution in [0.1, 0.15) is 30.3 Å². The van der Waals surface area contributed by atoms with Gasteiger partial charge in [0.15, 0.2) is 0 Å². The first kappa shape index (κ1) is 25.3. The van der Waals surface area contributed by atoms with Crippen molar-refractivity contribution < 1.29 is 21.6 Å². The fourth-order valence-corrected chi connectivity index (χ4v) is 5.69. The number of rotatable bonds is 5. The Bertz CT molecular complexity index is 1610. The molecule has 196 valence electrons. The minimum Gasteiger partial charge on any atom is -0.342 e.